The van der Waals surface area contributed by atoms with E-state index in [4.69, 9.17) is 10.5 Å². The Bertz CT molecular complexity index is 482. The molecule has 0 unspecified atom stereocenters. The third-order valence-electron chi connectivity index (χ3n) is 2.36. The van der Waals surface area contributed by atoms with E-state index in [-0.39, 0.29) is 0 Å². The average molecular weight is 233 g/mol. The lowest BCUT2D eigenvalue weighted by Crippen LogP contribution is -2.12. The largest absolute Gasteiger partial charge is 0.496 e. The monoisotopic (exact) mass is 233 g/mol. The molecule has 17 heavy (non-hydrogen) atoms. The zero-order valence-electron chi connectivity index (χ0n) is 9.71. The van der Waals surface area contributed by atoms with Gasteiger partial charge in [0.05, 0.1) is 13.7 Å². The molecule has 6 heteroatoms. The molecule has 2 aromatic rings. The number of nitrogens with two attached hydrogens (primary N) is 1. The average Bonchev–Trinajstić information content (AvgIpc) is 2.78. The topological polar surface area (TPSA) is 78.9 Å². The Labute approximate surface area is 99.4 Å². The van der Waals surface area contributed by atoms with E-state index in [9.17, 15) is 0 Å². The van der Waals surface area contributed by atoms with Gasteiger partial charge in [0.2, 0.25) is 0 Å². The standard InChI is InChI=1S/C11H15N5O/c1-17-10-5-3-2-4-9(10)8-11-13-15-16(14-11)7-6-12/h2-5H,6-8,12H2,1H3. The van der Waals surface area contributed by atoms with Crippen LogP contribution in [0.1, 0.15) is 11.4 Å². The predicted octanol–water partition coefficient (Wildman–Crippen LogP) is 0.231. The van der Waals surface area contributed by atoms with Crippen LogP contribution >= 0.6 is 0 Å². The van der Waals surface area contributed by atoms with Crippen LogP contribution in [0.3, 0.4) is 0 Å². The quantitative estimate of drug-likeness (QED) is 0.799. The lowest BCUT2D eigenvalue weighted by atomic mass is 10.1. The van der Waals surface area contributed by atoms with E-state index in [1.165, 1.54) is 4.80 Å². The number of aromatic nitrogens is 4. The summed E-state index contributed by atoms with van der Waals surface area (Å²) in [5, 5.41) is 12.1. The predicted molar refractivity (Wildman–Crippen MR) is 62.7 cm³/mol. The fourth-order valence-corrected chi connectivity index (χ4v) is 1.58. The highest BCUT2D eigenvalue weighted by atomic mass is 16.5. The molecule has 0 atom stereocenters. The Kier molecular flexibility index (Phi) is 3.66. The molecule has 0 aliphatic carbocycles. The SMILES string of the molecule is COc1ccccc1Cc1nnn(CCN)n1. The molecule has 0 amide bonds. The molecule has 2 N–H and O–H groups in total. The first-order valence-corrected chi connectivity index (χ1v) is 5.42. The smallest absolute Gasteiger partial charge is 0.179 e. The highest BCUT2D eigenvalue weighted by Gasteiger charge is 2.07. The number of ether oxygens (including phenoxy) is 1. The number of hydrogen-bond acceptors (Lipinski definition) is 5. The van der Waals surface area contributed by atoms with Crippen molar-refractivity contribution in [1.29, 1.82) is 0 Å². The van der Waals surface area contributed by atoms with Crippen molar-refractivity contribution in [3.63, 3.8) is 0 Å². The van der Waals surface area contributed by atoms with Gasteiger partial charge in [-0.3, -0.25) is 0 Å². The van der Waals surface area contributed by atoms with Gasteiger partial charge in [0, 0.05) is 18.5 Å². The molecule has 0 saturated heterocycles. The van der Waals surface area contributed by atoms with Crippen LogP contribution in [0.15, 0.2) is 24.3 Å². The summed E-state index contributed by atoms with van der Waals surface area (Å²) >= 11 is 0. The van der Waals surface area contributed by atoms with Crippen molar-refractivity contribution < 1.29 is 4.74 Å². The minimum Gasteiger partial charge on any atom is -0.496 e. The summed E-state index contributed by atoms with van der Waals surface area (Å²) in [6, 6.07) is 7.80. The zero-order valence-corrected chi connectivity index (χ0v) is 9.71. The highest BCUT2D eigenvalue weighted by molar-refractivity contribution is 5.34. The van der Waals surface area contributed by atoms with Crippen LogP contribution < -0.4 is 10.5 Å². The van der Waals surface area contributed by atoms with Crippen molar-refractivity contribution in [2.75, 3.05) is 13.7 Å². The van der Waals surface area contributed by atoms with Crippen molar-refractivity contribution in [1.82, 2.24) is 20.2 Å². The highest BCUT2D eigenvalue weighted by Crippen LogP contribution is 2.19. The molecule has 0 saturated carbocycles. The first-order valence-electron chi connectivity index (χ1n) is 5.42. The van der Waals surface area contributed by atoms with E-state index in [2.05, 4.69) is 15.4 Å². The van der Waals surface area contributed by atoms with Crippen LogP contribution in [0.25, 0.3) is 0 Å². The lowest BCUT2D eigenvalue weighted by Gasteiger charge is -2.05. The van der Waals surface area contributed by atoms with Crippen LogP contribution in [0, 0.1) is 0 Å². The Morgan fingerprint density at radius 1 is 1.35 bits per heavy atom. The van der Waals surface area contributed by atoms with Gasteiger partial charge < -0.3 is 10.5 Å². The molecule has 1 aromatic heterocycles. The van der Waals surface area contributed by atoms with Crippen LogP contribution in [0.5, 0.6) is 5.75 Å². The first-order chi connectivity index (χ1) is 8.33. The van der Waals surface area contributed by atoms with E-state index in [0.717, 1.165) is 11.3 Å². The fraction of sp³-hybridized carbons (Fsp3) is 0.364. The number of tetrazole rings is 1. The van der Waals surface area contributed by atoms with Gasteiger partial charge in [0.25, 0.3) is 0 Å². The second kappa shape index (κ2) is 5.40. The van der Waals surface area contributed by atoms with E-state index in [0.29, 0.717) is 25.3 Å². The minimum atomic E-state index is 0.504. The Morgan fingerprint density at radius 3 is 2.94 bits per heavy atom. The molecule has 90 valence electrons. The summed E-state index contributed by atoms with van der Waals surface area (Å²) < 4.78 is 5.27. The van der Waals surface area contributed by atoms with Gasteiger partial charge in [-0.15, -0.1) is 10.2 Å². The number of para-hydroxylation sites is 1. The second-order valence-corrected chi connectivity index (χ2v) is 3.58. The molecule has 0 aliphatic rings. The summed E-state index contributed by atoms with van der Waals surface area (Å²) in [6.45, 7) is 1.09. The second-order valence-electron chi connectivity index (χ2n) is 3.58. The number of methoxy groups -OCH3 is 1. The molecule has 0 radical (unpaired) electrons. The normalized spacial score (nSPS) is 10.5. The molecule has 2 rings (SSSR count). The third kappa shape index (κ3) is 2.79. The number of nitrogens with zero attached hydrogens (tertiary/aromatic N) is 4. The summed E-state index contributed by atoms with van der Waals surface area (Å²) in [4.78, 5) is 1.50. The maximum Gasteiger partial charge on any atom is 0.179 e. The van der Waals surface area contributed by atoms with Crippen molar-refractivity contribution in [2.24, 2.45) is 5.73 Å². The van der Waals surface area contributed by atoms with Gasteiger partial charge in [-0.05, 0) is 11.3 Å². The third-order valence-corrected chi connectivity index (χ3v) is 2.36. The summed E-state index contributed by atoms with van der Waals surface area (Å²) in [5.41, 5.74) is 6.46. The molecule has 1 aromatic carbocycles. The van der Waals surface area contributed by atoms with Gasteiger partial charge in [-0.2, -0.15) is 4.80 Å². The van der Waals surface area contributed by atoms with Crippen molar-refractivity contribution in [2.45, 2.75) is 13.0 Å². The summed E-state index contributed by atoms with van der Waals surface area (Å²) in [6.07, 6.45) is 0.606. The van der Waals surface area contributed by atoms with E-state index in [1.807, 2.05) is 24.3 Å². The van der Waals surface area contributed by atoms with Crippen LogP contribution in [-0.4, -0.2) is 33.9 Å². The number of hydrogen-bond donors (Lipinski definition) is 1. The van der Waals surface area contributed by atoms with E-state index < -0.39 is 0 Å². The maximum absolute atomic E-state index is 5.42. The van der Waals surface area contributed by atoms with Gasteiger partial charge >= 0.3 is 0 Å². The van der Waals surface area contributed by atoms with Crippen molar-refractivity contribution >= 4 is 0 Å². The van der Waals surface area contributed by atoms with Crippen molar-refractivity contribution in [3.05, 3.63) is 35.7 Å². The zero-order chi connectivity index (χ0) is 12.1. The molecule has 0 fully saturated rings. The molecule has 0 bridgehead atoms. The van der Waals surface area contributed by atoms with Gasteiger partial charge in [0.1, 0.15) is 5.75 Å². The molecule has 0 spiro atoms. The van der Waals surface area contributed by atoms with Crippen LogP contribution in [0.4, 0.5) is 0 Å². The Hall–Kier alpha value is -1.95. The van der Waals surface area contributed by atoms with Crippen LogP contribution in [0.2, 0.25) is 0 Å². The molecular weight excluding hydrogens is 218 g/mol. The number of rotatable bonds is 5. The van der Waals surface area contributed by atoms with Crippen LogP contribution in [-0.2, 0) is 13.0 Å². The Balaban J connectivity index is 2.13. The van der Waals surface area contributed by atoms with Gasteiger partial charge in [-0.1, -0.05) is 18.2 Å². The number of benzene rings is 1. The van der Waals surface area contributed by atoms with Crippen molar-refractivity contribution in [3.8, 4) is 5.75 Å². The molecule has 6 nitrogen and oxygen atoms in total. The Morgan fingerprint density at radius 2 is 2.18 bits per heavy atom. The molecule has 0 aliphatic heterocycles. The molecular formula is C11H15N5O. The van der Waals surface area contributed by atoms with Gasteiger partial charge in [0.15, 0.2) is 5.82 Å². The lowest BCUT2D eigenvalue weighted by molar-refractivity contribution is 0.410. The minimum absolute atomic E-state index is 0.504. The summed E-state index contributed by atoms with van der Waals surface area (Å²) in [5.74, 6) is 1.51. The van der Waals surface area contributed by atoms with E-state index in [1.54, 1.807) is 7.11 Å². The van der Waals surface area contributed by atoms with Gasteiger partial charge in [-0.25, -0.2) is 0 Å². The first kappa shape index (κ1) is 11.5. The summed E-state index contributed by atoms with van der Waals surface area (Å²) in [7, 11) is 1.65. The fourth-order valence-electron chi connectivity index (χ4n) is 1.58. The molecule has 1 heterocycles. The maximum atomic E-state index is 5.42. The van der Waals surface area contributed by atoms with E-state index >= 15 is 0 Å².